The van der Waals surface area contributed by atoms with Crippen molar-refractivity contribution in [3.63, 3.8) is 0 Å². The van der Waals surface area contributed by atoms with E-state index in [0.717, 1.165) is 43.4 Å². The second-order valence-corrected chi connectivity index (χ2v) is 7.33. The highest BCUT2D eigenvalue weighted by molar-refractivity contribution is 6.08. The Kier molecular flexibility index (Phi) is 5.27. The fraction of sp³-hybridized carbons (Fsp3) is 0.571. The molecular weight excluding hydrogens is 298 g/mol. The van der Waals surface area contributed by atoms with E-state index < -0.39 is 0 Å². The molecule has 1 aromatic rings. The van der Waals surface area contributed by atoms with E-state index in [2.05, 4.69) is 13.8 Å². The Balaban J connectivity index is 1.96. The van der Waals surface area contributed by atoms with Gasteiger partial charge in [0.25, 0.3) is 5.91 Å². The van der Waals surface area contributed by atoms with Crippen molar-refractivity contribution in [3.8, 4) is 0 Å². The second kappa shape index (κ2) is 7.42. The van der Waals surface area contributed by atoms with E-state index in [1.807, 2.05) is 29.2 Å². The van der Waals surface area contributed by atoms with Crippen molar-refractivity contribution in [2.75, 3.05) is 4.90 Å². The third-order valence-electron chi connectivity index (χ3n) is 5.57. The number of nitrogens with zero attached hydrogens (tertiary/aromatic N) is 1. The van der Waals surface area contributed by atoms with Gasteiger partial charge in [-0.2, -0.15) is 0 Å². The number of unbranched alkanes of at least 4 members (excludes halogenated alkanes) is 1. The molecule has 1 atom stereocenters. The van der Waals surface area contributed by atoms with Crippen LogP contribution in [0.4, 0.5) is 5.69 Å². The van der Waals surface area contributed by atoms with Crippen molar-refractivity contribution >= 4 is 11.6 Å². The molecule has 0 saturated heterocycles. The maximum atomic E-state index is 12.8. The van der Waals surface area contributed by atoms with Crippen LogP contribution >= 0.6 is 0 Å². The molecule has 2 aliphatic rings. The molecule has 1 aliphatic carbocycles. The lowest BCUT2D eigenvalue weighted by Crippen LogP contribution is -2.41. The molecule has 0 spiro atoms. The molecule has 1 unspecified atom stereocenters. The first-order valence-corrected chi connectivity index (χ1v) is 9.45. The minimum Gasteiger partial charge on any atom is -0.503 e. The van der Waals surface area contributed by atoms with Gasteiger partial charge in [0.05, 0.1) is 6.04 Å². The maximum absolute atomic E-state index is 12.8. The summed E-state index contributed by atoms with van der Waals surface area (Å²) >= 11 is 0. The largest absolute Gasteiger partial charge is 0.503 e. The molecule has 3 nitrogen and oxygen atoms in total. The third-order valence-corrected chi connectivity index (χ3v) is 5.57. The molecule has 1 fully saturated rings. The van der Waals surface area contributed by atoms with Gasteiger partial charge in [-0.05, 0) is 50.7 Å². The summed E-state index contributed by atoms with van der Waals surface area (Å²) in [5.74, 6) is 0.278. The molecule has 0 aromatic heterocycles. The Morgan fingerprint density at radius 2 is 1.79 bits per heavy atom. The quantitative estimate of drug-likeness (QED) is 0.798. The smallest absolute Gasteiger partial charge is 0.293 e. The first-order valence-electron chi connectivity index (χ1n) is 9.45. The van der Waals surface area contributed by atoms with Crippen LogP contribution < -0.4 is 4.90 Å². The molecule has 1 N–H and O–H groups in total. The number of hydrogen-bond acceptors (Lipinski definition) is 2. The average Bonchev–Trinajstić information content (AvgIpc) is 2.86. The van der Waals surface area contributed by atoms with Gasteiger partial charge < -0.3 is 5.11 Å². The van der Waals surface area contributed by atoms with Gasteiger partial charge in [-0.3, -0.25) is 9.69 Å². The second-order valence-electron chi connectivity index (χ2n) is 7.33. The van der Waals surface area contributed by atoms with Crippen LogP contribution in [0.5, 0.6) is 0 Å². The number of carbonyl (C=O) groups is 1. The molecule has 1 amide bonds. The summed E-state index contributed by atoms with van der Waals surface area (Å²) in [6.45, 7) is 4.21. The Labute approximate surface area is 145 Å². The molecule has 24 heavy (non-hydrogen) atoms. The monoisotopic (exact) mass is 327 g/mol. The lowest BCUT2D eigenvalue weighted by atomic mass is 9.80. The predicted octanol–water partition coefficient (Wildman–Crippen LogP) is 5.29. The Bertz CT molecular complexity index is 611. The molecule has 0 radical (unpaired) electrons. The summed E-state index contributed by atoms with van der Waals surface area (Å²) in [5, 5.41) is 10.6. The van der Waals surface area contributed by atoms with Crippen LogP contribution in [0.25, 0.3) is 0 Å². The van der Waals surface area contributed by atoms with Gasteiger partial charge >= 0.3 is 0 Å². The molecule has 130 valence electrons. The van der Waals surface area contributed by atoms with Crippen LogP contribution in [0.2, 0.25) is 0 Å². The number of anilines is 1. The van der Waals surface area contributed by atoms with Gasteiger partial charge in [0, 0.05) is 11.3 Å². The Morgan fingerprint density at radius 1 is 1.12 bits per heavy atom. The SMILES string of the molecule is CCCCC1=C(O)C(=O)N(c2ccc(C)cc2)C1C1CCCCC1. The number of carbonyl (C=O) groups excluding carboxylic acids is 1. The Hall–Kier alpha value is -1.77. The third kappa shape index (κ3) is 3.22. The van der Waals surface area contributed by atoms with Crippen LogP contribution in [-0.4, -0.2) is 17.1 Å². The predicted molar refractivity (Wildman–Crippen MR) is 98.2 cm³/mol. The van der Waals surface area contributed by atoms with Gasteiger partial charge in [0.2, 0.25) is 0 Å². The Morgan fingerprint density at radius 3 is 2.42 bits per heavy atom. The molecule has 3 rings (SSSR count). The lowest BCUT2D eigenvalue weighted by molar-refractivity contribution is -0.117. The summed E-state index contributed by atoms with van der Waals surface area (Å²) in [6, 6.07) is 8.16. The minimum atomic E-state index is -0.208. The van der Waals surface area contributed by atoms with Crippen LogP contribution in [0.15, 0.2) is 35.6 Å². The van der Waals surface area contributed by atoms with Gasteiger partial charge in [0.15, 0.2) is 5.76 Å². The van der Waals surface area contributed by atoms with Gasteiger partial charge in [-0.1, -0.05) is 50.3 Å². The zero-order chi connectivity index (χ0) is 17.1. The topological polar surface area (TPSA) is 40.5 Å². The zero-order valence-corrected chi connectivity index (χ0v) is 14.9. The first-order chi connectivity index (χ1) is 11.6. The summed E-state index contributed by atoms with van der Waals surface area (Å²) in [6.07, 6.45) is 9.01. The molecule has 1 heterocycles. The number of benzene rings is 1. The minimum absolute atomic E-state index is 0.0135. The van der Waals surface area contributed by atoms with Gasteiger partial charge in [-0.25, -0.2) is 0 Å². The average molecular weight is 327 g/mol. The van der Waals surface area contributed by atoms with Crippen molar-refractivity contribution in [1.82, 2.24) is 0 Å². The van der Waals surface area contributed by atoms with Crippen LogP contribution in [-0.2, 0) is 4.79 Å². The van der Waals surface area contributed by atoms with Crippen molar-refractivity contribution in [3.05, 3.63) is 41.2 Å². The summed E-state index contributed by atoms with van der Waals surface area (Å²) in [4.78, 5) is 14.7. The van der Waals surface area contributed by atoms with Crippen LogP contribution in [0.1, 0.15) is 63.9 Å². The van der Waals surface area contributed by atoms with E-state index in [-0.39, 0.29) is 17.7 Å². The molecule has 0 bridgehead atoms. The summed E-state index contributed by atoms with van der Waals surface area (Å²) < 4.78 is 0. The highest BCUT2D eigenvalue weighted by atomic mass is 16.3. The number of aliphatic hydroxyl groups excluding tert-OH is 1. The normalized spacial score (nSPS) is 22.5. The van der Waals surface area contributed by atoms with E-state index in [4.69, 9.17) is 0 Å². The highest BCUT2D eigenvalue weighted by Gasteiger charge is 2.43. The highest BCUT2D eigenvalue weighted by Crippen LogP contribution is 2.41. The molecule has 1 aromatic carbocycles. The summed E-state index contributed by atoms with van der Waals surface area (Å²) in [5.41, 5.74) is 3.08. The number of rotatable bonds is 5. The number of hydrogen-bond donors (Lipinski definition) is 1. The van der Waals surface area contributed by atoms with E-state index in [1.54, 1.807) is 0 Å². The molecule has 3 heteroatoms. The van der Waals surface area contributed by atoms with Crippen molar-refractivity contribution in [2.45, 2.75) is 71.3 Å². The lowest BCUT2D eigenvalue weighted by Gasteiger charge is -2.35. The number of amides is 1. The molecule has 1 aliphatic heterocycles. The van der Waals surface area contributed by atoms with Crippen LogP contribution in [0.3, 0.4) is 0 Å². The molecular formula is C21H29NO2. The zero-order valence-electron chi connectivity index (χ0n) is 14.9. The van der Waals surface area contributed by atoms with E-state index in [1.165, 1.54) is 24.8 Å². The van der Waals surface area contributed by atoms with Crippen molar-refractivity contribution in [1.29, 1.82) is 0 Å². The number of aryl methyl sites for hydroxylation is 1. The standard InChI is InChI=1S/C21H29NO2/c1-3-4-10-18-19(16-8-6-5-7-9-16)22(21(24)20(18)23)17-13-11-15(2)12-14-17/h11-14,16,19,23H,3-10H2,1-2H3. The van der Waals surface area contributed by atoms with E-state index in [0.29, 0.717) is 5.92 Å². The van der Waals surface area contributed by atoms with Crippen LogP contribution in [0, 0.1) is 12.8 Å². The first kappa shape index (κ1) is 17.1. The maximum Gasteiger partial charge on any atom is 0.293 e. The number of aliphatic hydroxyl groups is 1. The van der Waals surface area contributed by atoms with E-state index >= 15 is 0 Å². The van der Waals surface area contributed by atoms with Crippen molar-refractivity contribution < 1.29 is 9.90 Å². The molecule has 1 saturated carbocycles. The van der Waals surface area contributed by atoms with Gasteiger partial charge in [0.1, 0.15) is 0 Å². The fourth-order valence-corrected chi connectivity index (χ4v) is 4.24. The fourth-order valence-electron chi connectivity index (χ4n) is 4.24. The van der Waals surface area contributed by atoms with Gasteiger partial charge in [-0.15, -0.1) is 0 Å². The summed E-state index contributed by atoms with van der Waals surface area (Å²) in [7, 11) is 0. The van der Waals surface area contributed by atoms with Crippen molar-refractivity contribution in [2.24, 2.45) is 5.92 Å². The van der Waals surface area contributed by atoms with E-state index in [9.17, 15) is 9.90 Å².